The van der Waals surface area contributed by atoms with Crippen molar-refractivity contribution < 1.29 is 0 Å². The predicted molar refractivity (Wildman–Crippen MR) is 180 cm³/mol. The predicted octanol–water partition coefficient (Wildman–Crippen LogP) is 13.1. The summed E-state index contributed by atoms with van der Waals surface area (Å²) in [7, 11) is 0. The molecule has 2 aromatic heterocycles. The lowest BCUT2D eigenvalue weighted by atomic mass is 10.1. The third-order valence-electron chi connectivity index (χ3n) is 6.97. The first-order chi connectivity index (χ1) is 18.6. The monoisotopic (exact) mass is 668 g/mol. The van der Waals surface area contributed by atoms with Crippen molar-refractivity contribution in [3.8, 4) is 20.9 Å². The van der Waals surface area contributed by atoms with Crippen LogP contribution in [0.4, 0.5) is 0 Å². The van der Waals surface area contributed by atoms with Crippen LogP contribution in [0.25, 0.3) is 33.0 Å². The Labute approximate surface area is 254 Å². The Morgan fingerprint density at radius 1 is 0.553 bits per heavy atom. The van der Waals surface area contributed by atoms with Crippen molar-refractivity contribution in [2.75, 3.05) is 0 Å². The average molecular weight is 671 g/mol. The first kappa shape index (κ1) is 29.5. The maximum Gasteiger partial charge on any atom is 0.0737 e. The topological polar surface area (TPSA) is 0 Å². The van der Waals surface area contributed by atoms with Crippen LogP contribution in [-0.4, -0.2) is 0 Å². The van der Waals surface area contributed by atoms with Crippen molar-refractivity contribution in [2.24, 2.45) is 0 Å². The van der Waals surface area contributed by atoms with Crippen molar-refractivity contribution >= 4 is 66.7 Å². The van der Waals surface area contributed by atoms with Gasteiger partial charge in [0, 0.05) is 9.75 Å². The maximum absolute atomic E-state index is 3.79. The molecule has 200 valence electrons. The van der Waals surface area contributed by atoms with E-state index in [1.807, 2.05) is 22.7 Å². The molecule has 0 saturated heterocycles. The Bertz CT molecular complexity index is 1190. The molecule has 0 aliphatic rings. The molecule has 2 aromatic carbocycles. The zero-order chi connectivity index (χ0) is 26.7. The van der Waals surface area contributed by atoms with Crippen molar-refractivity contribution in [3.05, 3.63) is 90.5 Å². The SMILES string of the molecule is CCCCCCc1cc(-c2ccc(/C=C/c3ccc(-c4cc(CCCCCC)c(Br)s4)cc3)cc2)sc1Br. The summed E-state index contributed by atoms with van der Waals surface area (Å²) in [5, 5.41) is 0. The lowest BCUT2D eigenvalue weighted by Crippen LogP contribution is -1.83. The van der Waals surface area contributed by atoms with Gasteiger partial charge < -0.3 is 0 Å². The van der Waals surface area contributed by atoms with Crippen LogP contribution in [0.2, 0.25) is 0 Å². The molecular weight excluding hydrogens is 632 g/mol. The van der Waals surface area contributed by atoms with Crippen LogP contribution in [0.15, 0.2) is 68.2 Å². The highest BCUT2D eigenvalue weighted by Gasteiger charge is 2.10. The van der Waals surface area contributed by atoms with E-state index < -0.39 is 0 Å². The van der Waals surface area contributed by atoms with Gasteiger partial charge in [-0.2, -0.15) is 0 Å². The molecular formula is C34H38Br2S2. The van der Waals surface area contributed by atoms with Gasteiger partial charge in [-0.1, -0.05) is 113 Å². The van der Waals surface area contributed by atoms with Gasteiger partial charge in [-0.15, -0.1) is 22.7 Å². The van der Waals surface area contributed by atoms with Gasteiger partial charge >= 0.3 is 0 Å². The molecule has 0 N–H and O–H groups in total. The third-order valence-corrected chi connectivity index (χ3v) is 11.0. The van der Waals surface area contributed by atoms with Crippen molar-refractivity contribution in [1.29, 1.82) is 0 Å². The van der Waals surface area contributed by atoms with Gasteiger partial charge in [-0.05, 0) is 103 Å². The Hall–Kier alpha value is -1.46. The van der Waals surface area contributed by atoms with Crippen LogP contribution >= 0.6 is 54.5 Å². The molecule has 0 saturated carbocycles. The fraction of sp³-hybridized carbons (Fsp3) is 0.353. The normalized spacial score (nSPS) is 11.6. The van der Waals surface area contributed by atoms with Gasteiger partial charge in [0.05, 0.1) is 7.57 Å². The zero-order valence-corrected chi connectivity index (χ0v) is 27.4. The van der Waals surface area contributed by atoms with Gasteiger partial charge in [0.1, 0.15) is 0 Å². The minimum Gasteiger partial charge on any atom is -0.128 e. The molecule has 0 spiro atoms. The average Bonchev–Trinajstić information content (AvgIpc) is 3.50. The van der Waals surface area contributed by atoms with E-state index in [2.05, 4.69) is 119 Å². The number of benzene rings is 2. The lowest BCUT2D eigenvalue weighted by Gasteiger charge is -2.01. The second-order valence-electron chi connectivity index (χ2n) is 10.0. The van der Waals surface area contributed by atoms with Gasteiger partial charge in [0.2, 0.25) is 0 Å². The summed E-state index contributed by atoms with van der Waals surface area (Å²) in [5.41, 5.74) is 7.94. The van der Waals surface area contributed by atoms with Crippen molar-refractivity contribution in [2.45, 2.75) is 78.1 Å². The first-order valence-electron chi connectivity index (χ1n) is 14.0. The molecule has 0 nitrogen and oxygen atoms in total. The molecule has 4 aromatic rings. The quantitative estimate of drug-likeness (QED) is 0.0925. The summed E-state index contributed by atoms with van der Waals surface area (Å²) >= 11 is 11.3. The van der Waals surface area contributed by atoms with Crippen molar-refractivity contribution in [1.82, 2.24) is 0 Å². The van der Waals surface area contributed by atoms with E-state index in [0.29, 0.717) is 0 Å². The number of thiophene rings is 2. The number of aryl methyl sites for hydroxylation is 2. The zero-order valence-electron chi connectivity index (χ0n) is 22.6. The maximum atomic E-state index is 3.79. The molecule has 0 radical (unpaired) electrons. The Balaban J connectivity index is 1.34. The molecule has 2 heterocycles. The first-order valence-corrected chi connectivity index (χ1v) is 17.2. The summed E-state index contributed by atoms with van der Waals surface area (Å²) in [4.78, 5) is 2.69. The van der Waals surface area contributed by atoms with E-state index in [0.717, 1.165) is 0 Å². The fourth-order valence-corrected chi connectivity index (χ4v) is 8.18. The highest BCUT2D eigenvalue weighted by molar-refractivity contribution is 9.11. The van der Waals surface area contributed by atoms with E-state index in [1.54, 1.807) is 0 Å². The van der Waals surface area contributed by atoms with Gasteiger partial charge in [0.25, 0.3) is 0 Å². The second kappa shape index (κ2) is 15.4. The van der Waals surface area contributed by atoms with Crippen molar-refractivity contribution in [3.63, 3.8) is 0 Å². The smallest absolute Gasteiger partial charge is 0.0737 e. The van der Waals surface area contributed by atoms with E-state index in [-0.39, 0.29) is 0 Å². The molecule has 38 heavy (non-hydrogen) atoms. The Morgan fingerprint density at radius 3 is 1.32 bits per heavy atom. The summed E-state index contributed by atoms with van der Waals surface area (Å²) in [6.07, 6.45) is 17.2. The van der Waals surface area contributed by atoms with Crippen LogP contribution in [-0.2, 0) is 12.8 Å². The third kappa shape index (κ3) is 8.52. The molecule has 0 fully saturated rings. The van der Waals surface area contributed by atoms with E-state index in [9.17, 15) is 0 Å². The highest BCUT2D eigenvalue weighted by Crippen LogP contribution is 2.37. The van der Waals surface area contributed by atoms with Crippen LogP contribution in [0, 0.1) is 0 Å². The molecule has 0 amide bonds. The minimum absolute atomic E-state index is 1.17. The molecule has 4 rings (SSSR count). The number of rotatable bonds is 14. The Morgan fingerprint density at radius 2 is 0.947 bits per heavy atom. The van der Waals surface area contributed by atoms with Crippen LogP contribution in [0.1, 0.15) is 87.5 Å². The summed E-state index contributed by atoms with van der Waals surface area (Å²) in [5.74, 6) is 0. The van der Waals surface area contributed by atoms with Gasteiger partial charge in [0.15, 0.2) is 0 Å². The number of unbranched alkanes of at least 4 members (excludes halogenated alkanes) is 6. The standard InChI is InChI=1S/C34H38Br2S2/c1-3-5-7-9-11-29-23-31(37-33(29)35)27-19-15-25(16-20-27)13-14-26-17-21-28(22-18-26)32-24-30(34(36)38-32)12-10-8-6-4-2/h13-24H,3-12H2,1-2H3/b14-13+. The largest absolute Gasteiger partial charge is 0.128 e. The lowest BCUT2D eigenvalue weighted by molar-refractivity contribution is 0.667. The summed E-state index contributed by atoms with van der Waals surface area (Å²) < 4.78 is 2.57. The fourth-order valence-electron chi connectivity index (χ4n) is 4.63. The number of halogens is 2. The highest BCUT2D eigenvalue weighted by atomic mass is 79.9. The molecule has 0 atom stereocenters. The van der Waals surface area contributed by atoms with Crippen LogP contribution < -0.4 is 0 Å². The van der Waals surface area contributed by atoms with E-state index in [1.165, 1.54) is 115 Å². The molecule has 4 heteroatoms. The number of hydrogen-bond donors (Lipinski definition) is 0. The molecule has 0 aliphatic heterocycles. The summed E-state index contributed by atoms with van der Waals surface area (Å²) in [6, 6.07) is 22.6. The summed E-state index contributed by atoms with van der Waals surface area (Å²) in [6.45, 7) is 4.53. The molecule has 0 unspecified atom stereocenters. The minimum atomic E-state index is 1.17. The van der Waals surface area contributed by atoms with Gasteiger partial charge in [-0.25, -0.2) is 0 Å². The van der Waals surface area contributed by atoms with E-state index >= 15 is 0 Å². The molecule has 0 bridgehead atoms. The van der Waals surface area contributed by atoms with Gasteiger partial charge in [-0.3, -0.25) is 0 Å². The number of hydrogen-bond acceptors (Lipinski definition) is 2. The van der Waals surface area contributed by atoms with Crippen LogP contribution in [0.3, 0.4) is 0 Å². The second-order valence-corrected chi connectivity index (χ2v) is 14.8. The van der Waals surface area contributed by atoms with Crippen LogP contribution in [0.5, 0.6) is 0 Å². The van der Waals surface area contributed by atoms with E-state index in [4.69, 9.17) is 0 Å². The molecule has 0 aliphatic carbocycles. The Kier molecular flexibility index (Phi) is 11.9.